The van der Waals surface area contributed by atoms with Gasteiger partial charge in [-0.3, -0.25) is 0 Å². The van der Waals surface area contributed by atoms with Crippen LogP contribution in [0.2, 0.25) is 0 Å². The number of nitrogens with one attached hydrogen (secondary N) is 1. The first kappa shape index (κ1) is 14.7. The predicted molar refractivity (Wildman–Crippen MR) is 79.2 cm³/mol. The first-order valence-corrected chi connectivity index (χ1v) is 7.01. The number of aromatic carboxylic acids is 1. The standard InChI is InChI=1S/C15H22N2O3/c1-3-13-10(4-5-20-13)8-17-11-6-9(2)14(16)12(7-11)15(18)19/h6-7,10,13,17H,3-5,8,16H2,1-2H3,(H,18,19). The highest BCUT2D eigenvalue weighted by atomic mass is 16.5. The fourth-order valence-electron chi connectivity index (χ4n) is 2.70. The highest BCUT2D eigenvalue weighted by Crippen LogP contribution is 2.26. The fraction of sp³-hybridized carbons (Fsp3) is 0.533. The van der Waals surface area contributed by atoms with Gasteiger partial charge in [-0.25, -0.2) is 4.79 Å². The molecular weight excluding hydrogens is 256 g/mol. The lowest BCUT2D eigenvalue weighted by Crippen LogP contribution is -2.23. The molecule has 1 aliphatic heterocycles. The molecule has 20 heavy (non-hydrogen) atoms. The first-order chi connectivity index (χ1) is 9.52. The van der Waals surface area contributed by atoms with E-state index in [0.717, 1.165) is 37.2 Å². The number of nitrogen functional groups attached to an aromatic ring is 1. The summed E-state index contributed by atoms with van der Waals surface area (Å²) < 4.78 is 5.65. The Morgan fingerprint density at radius 1 is 1.55 bits per heavy atom. The molecular formula is C15H22N2O3. The van der Waals surface area contributed by atoms with Crippen molar-refractivity contribution < 1.29 is 14.6 Å². The molecule has 110 valence electrons. The van der Waals surface area contributed by atoms with Crippen LogP contribution < -0.4 is 11.1 Å². The molecule has 0 spiro atoms. The quantitative estimate of drug-likeness (QED) is 0.721. The molecule has 1 aromatic carbocycles. The van der Waals surface area contributed by atoms with Crippen molar-refractivity contribution in [2.45, 2.75) is 32.8 Å². The van der Waals surface area contributed by atoms with Gasteiger partial charge < -0.3 is 20.9 Å². The normalized spacial score (nSPS) is 21.9. The smallest absolute Gasteiger partial charge is 0.337 e. The SMILES string of the molecule is CCC1OCCC1CNc1cc(C)c(N)c(C(=O)O)c1. The van der Waals surface area contributed by atoms with Crippen molar-refractivity contribution in [2.75, 3.05) is 24.2 Å². The first-order valence-electron chi connectivity index (χ1n) is 7.01. The Morgan fingerprint density at radius 2 is 2.30 bits per heavy atom. The summed E-state index contributed by atoms with van der Waals surface area (Å²) in [6.07, 6.45) is 2.36. The fourth-order valence-corrected chi connectivity index (χ4v) is 2.70. The van der Waals surface area contributed by atoms with E-state index in [1.807, 2.05) is 13.0 Å². The number of carboxylic acids is 1. The lowest BCUT2D eigenvalue weighted by Gasteiger charge is -2.18. The Balaban J connectivity index is 2.08. The van der Waals surface area contributed by atoms with Crippen molar-refractivity contribution in [3.05, 3.63) is 23.3 Å². The maximum absolute atomic E-state index is 11.2. The van der Waals surface area contributed by atoms with Crippen molar-refractivity contribution in [2.24, 2.45) is 5.92 Å². The number of benzene rings is 1. The Hall–Kier alpha value is -1.75. The summed E-state index contributed by atoms with van der Waals surface area (Å²) in [7, 11) is 0. The van der Waals surface area contributed by atoms with E-state index < -0.39 is 5.97 Å². The van der Waals surface area contributed by atoms with Crippen molar-refractivity contribution >= 4 is 17.3 Å². The predicted octanol–water partition coefficient (Wildman–Crippen LogP) is 2.50. The van der Waals surface area contributed by atoms with Crippen LogP contribution in [-0.2, 0) is 4.74 Å². The van der Waals surface area contributed by atoms with Crippen molar-refractivity contribution in [1.82, 2.24) is 0 Å². The maximum Gasteiger partial charge on any atom is 0.337 e. The van der Waals surface area contributed by atoms with Gasteiger partial charge in [-0.05, 0) is 37.5 Å². The van der Waals surface area contributed by atoms with E-state index in [4.69, 9.17) is 15.6 Å². The second-order valence-corrected chi connectivity index (χ2v) is 5.31. The van der Waals surface area contributed by atoms with Gasteiger partial charge in [0.25, 0.3) is 0 Å². The van der Waals surface area contributed by atoms with Gasteiger partial charge in [0.05, 0.1) is 11.7 Å². The van der Waals surface area contributed by atoms with E-state index in [2.05, 4.69) is 12.2 Å². The lowest BCUT2D eigenvalue weighted by molar-refractivity contribution is 0.0698. The molecule has 2 rings (SSSR count). The number of rotatable bonds is 5. The molecule has 0 radical (unpaired) electrons. The van der Waals surface area contributed by atoms with Crippen LogP contribution in [0.5, 0.6) is 0 Å². The number of carboxylic acid groups (broad SMARTS) is 1. The van der Waals surface area contributed by atoms with Gasteiger partial charge >= 0.3 is 5.97 Å². The third-order valence-corrected chi connectivity index (χ3v) is 3.93. The minimum absolute atomic E-state index is 0.155. The summed E-state index contributed by atoms with van der Waals surface area (Å²) in [6.45, 7) is 5.55. The van der Waals surface area contributed by atoms with Gasteiger partial charge in [0.2, 0.25) is 0 Å². The highest BCUT2D eigenvalue weighted by Gasteiger charge is 2.26. The zero-order valence-electron chi connectivity index (χ0n) is 12.0. The second-order valence-electron chi connectivity index (χ2n) is 5.31. The molecule has 1 aromatic rings. The minimum atomic E-state index is -0.995. The van der Waals surface area contributed by atoms with Crippen LogP contribution in [0.3, 0.4) is 0 Å². The summed E-state index contributed by atoms with van der Waals surface area (Å²) in [6, 6.07) is 3.49. The van der Waals surface area contributed by atoms with Crippen LogP contribution in [0.4, 0.5) is 11.4 Å². The van der Waals surface area contributed by atoms with E-state index in [1.165, 1.54) is 0 Å². The average molecular weight is 278 g/mol. The van der Waals surface area contributed by atoms with Gasteiger partial charge in [0.15, 0.2) is 0 Å². The van der Waals surface area contributed by atoms with E-state index in [0.29, 0.717) is 17.7 Å². The Labute approximate surface area is 119 Å². The molecule has 4 N–H and O–H groups in total. The van der Waals surface area contributed by atoms with Crippen molar-refractivity contribution in [1.29, 1.82) is 0 Å². The number of ether oxygens (including phenoxy) is 1. The van der Waals surface area contributed by atoms with Crippen LogP contribution in [-0.4, -0.2) is 30.3 Å². The van der Waals surface area contributed by atoms with Crippen LogP contribution in [0.15, 0.2) is 12.1 Å². The van der Waals surface area contributed by atoms with E-state index in [9.17, 15) is 4.79 Å². The third kappa shape index (κ3) is 3.04. The molecule has 2 atom stereocenters. The third-order valence-electron chi connectivity index (χ3n) is 3.93. The van der Waals surface area contributed by atoms with Crippen molar-refractivity contribution in [3.63, 3.8) is 0 Å². The van der Waals surface area contributed by atoms with E-state index in [-0.39, 0.29) is 5.56 Å². The summed E-state index contributed by atoms with van der Waals surface area (Å²) in [5.74, 6) is -0.518. The van der Waals surface area contributed by atoms with Gasteiger partial charge in [0, 0.05) is 30.4 Å². The number of anilines is 2. The molecule has 1 aliphatic rings. The van der Waals surface area contributed by atoms with E-state index >= 15 is 0 Å². The van der Waals surface area contributed by atoms with Crippen molar-refractivity contribution in [3.8, 4) is 0 Å². The summed E-state index contributed by atoms with van der Waals surface area (Å²) >= 11 is 0. The second kappa shape index (κ2) is 6.13. The lowest BCUT2D eigenvalue weighted by atomic mass is 9.99. The summed E-state index contributed by atoms with van der Waals surface area (Å²) in [5.41, 5.74) is 7.85. The molecule has 1 fully saturated rings. The van der Waals surface area contributed by atoms with Gasteiger partial charge in [-0.15, -0.1) is 0 Å². The number of hydrogen-bond acceptors (Lipinski definition) is 4. The summed E-state index contributed by atoms with van der Waals surface area (Å²) in [5, 5.41) is 12.5. The monoisotopic (exact) mass is 278 g/mol. The summed E-state index contributed by atoms with van der Waals surface area (Å²) in [4.78, 5) is 11.2. The molecule has 2 unspecified atom stereocenters. The molecule has 0 saturated carbocycles. The molecule has 5 heteroatoms. The highest BCUT2D eigenvalue weighted by molar-refractivity contribution is 5.95. The topological polar surface area (TPSA) is 84.6 Å². The Morgan fingerprint density at radius 3 is 2.95 bits per heavy atom. The molecule has 1 saturated heterocycles. The van der Waals surface area contributed by atoms with Gasteiger partial charge in [-0.1, -0.05) is 6.92 Å². The maximum atomic E-state index is 11.2. The molecule has 0 amide bonds. The number of nitrogens with two attached hydrogens (primary N) is 1. The number of hydrogen-bond donors (Lipinski definition) is 3. The van der Waals surface area contributed by atoms with Gasteiger partial charge in [0.1, 0.15) is 0 Å². The average Bonchev–Trinajstić information content (AvgIpc) is 2.87. The zero-order chi connectivity index (χ0) is 14.7. The zero-order valence-corrected chi connectivity index (χ0v) is 12.0. The van der Waals surface area contributed by atoms with Crippen LogP contribution >= 0.6 is 0 Å². The molecule has 0 aromatic heterocycles. The Kier molecular flexibility index (Phi) is 4.49. The molecule has 0 aliphatic carbocycles. The van der Waals surface area contributed by atoms with Crippen LogP contribution in [0.25, 0.3) is 0 Å². The Bertz CT molecular complexity index is 502. The largest absolute Gasteiger partial charge is 0.478 e. The number of carbonyl (C=O) groups is 1. The molecule has 5 nitrogen and oxygen atoms in total. The van der Waals surface area contributed by atoms with E-state index in [1.54, 1.807) is 6.07 Å². The van der Waals surface area contributed by atoms with Gasteiger partial charge in [-0.2, -0.15) is 0 Å². The molecule has 1 heterocycles. The minimum Gasteiger partial charge on any atom is -0.478 e. The molecule has 0 bridgehead atoms. The number of aryl methyl sites for hydroxylation is 1. The van der Waals surface area contributed by atoms with Crippen LogP contribution in [0.1, 0.15) is 35.7 Å². The van der Waals surface area contributed by atoms with Crippen LogP contribution in [0, 0.1) is 12.8 Å².